The molecule has 1 saturated heterocycles. The average molecular weight is 411 g/mol. The van der Waals surface area contributed by atoms with Crippen LogP contribution in [0.5, 0.6) is 0 Å². The van der Waals surface area contributed by atoms with Crippen LogP contribution in [0.1, 0.15) is 22.3 Å². The van der Waals surface area contributed by atoms with Crippen LogP contribution in [0, 0.1) is 20.8 Å². The van der Waals surface area contributed by atoms with Crippen LogP contribution in [0.2, 0.25) is 0 Å². The fourth-order valence-electron chi connectivity index (χ4n) is 4.08. The summed E-state index contributed by atoms with van der Waals surface area (Å²) in [4.78, 5) is 30.3. The van der Waals surface area contributed by atoms with E-state index in [9.17, 15) is 9.59 Å². The summed E-state index contributed by atoms with van der Waals surface area (Å²) in [6.45, 7) is 5.97. The van der Waals surface area contributed by atoms with Crippen molar-refractivity contribution in [3.63, 3.8) is 0 Å². The van der Waals surface area contributed by atoms with Gasteiger partial charge in [-0.25, -0.2) is 0 Å². The maximum absolute atomic E-state index is 13.7. The molecule has 0 aliphatic carbocycles. The van der Waals surface area contributed by atoms with E-state index in [2.05, 4.69) is 0 Å². The van der Waals surface area contributed by atoms with Crippen LogP contribution in [0.4, 0.5) is 11.4 Å². The first-order valence-corrected chi connectivity index (χ1v) is 10.5. The number of nitrogens with zero attached hydrogens (tertiary/aromatic N) is 2. The highest BCUT2D eigenvalue weighted by atomic mass is 16.2. The van der Waals surface area contributed by atoms with Crippen LogP contribution in [0.3, 0.4) is 0 Å². The third-order valence-corrected chi connectivity index (χ3v) is 5.65. The Morgan fingerprint density at radius 3 is 2.10 bits per heavy atom. The van der Waals surface area contributed by atoms with Crippen LogP contribution >= 0.6 is 0 Å². The maximum atomic E-state index is 13.7. The number of hydrogen-bond donors (Lipinski definition) is 0. The Hall–Kier alpha value is -3.66. The van der Waals surface area contributed by atoms with Gasteiger partial charge in [-0.2, -0.15) is 0 Å². The van der Waals surface area contributed by atoms with Gasteiger partial charge in [0.2, 0.25) is 5.91 Å². The monoisotopic (exact) mass is 410 g/mol. The lowest BCUT2D eigenvalue weighted by molar-refractivity contribution is -0.127. The lowest BCUT2D eigenvalue weighted by Gasteiger charge is -2.40. The summed E-state index contributed by atoms with van der Waals surface area (Å²) in [5, 5.41) is 0. The van der Waals surface area contributed by atoms with Gasteiger partial charge >= 0.3 is 0 Å². The van der Waals surface area contributed by atoms with Crippen molar-refractivity contribution in [2.75, 3.05) is 16.3 Å². The van der Waals surface area contributed by atoms with Crippen LogP contribution in [-0.2, 0) is 9.59 Å². The number of piperazine rings is 1. The zero-order chi connectivity index (χ0) is 22.0. The SMILES string of the molecule is Cc1ccc(N2C(=O)CN(c3c(C)cccc3C)C(=O)[C@H]2C=Cc2ccccc2)cc1. The van der Waals surface area contributed by atoms with E-state index in [-0.39, 0.29) is 18.4 Å². The number of anilines is 2. The smallest absolute Gasteiger partial charge is 0.254 e. The van der Waals surface area contributed by atoms with Crippen molar-refractivity contribution >= 4 is 29.3 Å². The Kier molecular flexibility index (Phi) is 5.72. The second-order valence-corrected chi connectivity index (χ2v) is 7.98. The van der Waals surface area contributed by atoms with Gasteiger partial charge in [0.25, 0.3) is 5.91 Å². The van der Waals surface area contributed by atoms with Crippen molar-refractivity contribution in [3.8, 4) is 0 Å². The molecule has 0 spiro atoms. The minimum Gasteiger partial charge on any atom is -0.300 e. The number of aryl methyl sites for hydroxylation is 3. The lowest BCUT2D eigenvalue weighted by atomic mass is 10.0. The molecule has 4 nitrogen and oxygen atoms in total. The third-order valence-electron chi connectivity index (χ3n) is 5.65. The highest BCUT2D eigenvalue weighted by Gasteiger charge is 2.40. The average Bonchev–Trinajstić information content (AvgIpc) is 2.76. The molecule has 156 valence electrons. The summed E-state index contributed by atoms with van der Waals surface area (Å²) in [6, 6.07) is 22.7. The molecule has 1 atom stereocenters. The molecule has 2 amide bonds. The van der Waals surface area contributed by atoms with Crippen molar-refractivity contribution < 1.29 is 9.59 Å². The summed E-state index contributed by atoms with van der Waals surface area (Å²) in [7, 11) is 0. The second-order valence-electron chi connectivity index (χ2n) is 7.98. The summed E-state index contributed by atoms with van der Waals surface area (Å²) in [5.41, 5.74) is 5.60. The van der Waals surface area contributed by atoms with E-state index in [4.69, 9.17) is 0 Å². The van der Waals surface area contributed by atoms with E-state index in [0.29, 0.717) is 0 Å². The first-order chi connectivity index (χ1) is 15.0. The van der Waals surface area contributed by atoms with Gasteiger partial charge in [0.05, 0.1) is 5.69 Å². The summed E-state index contributed by atoms with van der Waals surface area (Å²) < 4.78 is 0. The van der Waals surface area contributed by atoms with E-state index < -0.39 is 6.04 Å². The van der Waals surface area contributed by atoms with Gasteiger partial charge < -0.3 is 4.90 Å². The number of rotatable bonds is 4. The number of hydrogen-bond acceptors (Lipinski definition) is 2. The predicted octanol–water partition coefficient (Wildman–Crippen LogP) is 5.07. The number of benzene rings is 3. The number of carbonyl (C=O) groups excluding carboxylic acids is 2. The Bertz CT molecular complexity index is 1110. The maximum Gasteiger partial charge on any atom is 0.254 e. The molecule has 3 aromatic carbocycles. The third kappa shape index (κ3) is 4.15. The van der Waals surface area contributed by atoms with Gasteiger partial charge in [-0.1, -0.05) is 78.4 Å². The van der Waals surface area contributed by atoms with E-state index >= 15 is 0 Å². The molecule has 4 heteroatoms. The van der Waals surface area contributed by atoms with Crippen LogP contribution < -0.4 is 9.80 Å². The molecule has 4 rings (SSSR count). The second kappa shape index (κ2) is 8.60. The summed E-state index contributed by atoms with van der Waals surface area (Å²) in [6.07, 6.45) is 3.74. The quantitative estimate of drug-likeness (QED) is 0.602. The van der Waals surface area contributed by atoms with Crippen molar-refractivity contribution in [3.05, 3.63) is 101 Å². The largest absolute Gasteiger partial charge is 0.300 e. The highest BCUT2D eigenvalue weighted by Crippen LogP contribution is 2.31. The molecule has 0 radical (unpaired) electrons. The zero-order valence-electron chi connectivity index (χ0n) is 18.1. The molecule has 1 fully saturated rings. The first-order valence-electron chi connectivity index (χ1n) is 10.5. The van der Waals surface area contributed by atoms with E-state index in [1.165, 1.54) is 0 Å². The molecule has 0 saturated carbocycles. The van der Waals surface area contributed by atoms with Crippen LogP contribution in [0.25, 0.3) is 6.08 Å². The molecule has 1 aliphatic heterocycles. The van der Waals surface area contributed by atoms with Gasteiger partial charge in [-0.15, -0.1) is 0 Å². The zero-order valence-corrected chi connectivity index (χ0v) is 18.1. The standard InChI is InChI=1S/C27H26N2O2/c1-19-12-15-23(16-13-19)29-24(17-14-22-10-5-4-6-11-22)27(31)28(18-25(29)30)26-20(2)8-7-9-21(26)3/h4-17,24H,18H2,1-3H3/t24-/m1/s1. The topological polar surface area (TPSA) is 40.6 Å². The molecular formula is C27H26N2O2. The van der Waals surface area contributed by atoms with Gasteiger partial charge in [0.1, 0.15) is 12.6 Å². The van der Waals surface area contributed by atoms with Crippen molar-refractivity contribution in [1.29, 1.82) is 0 Å². The minimum absolute atomic E-state index is 0.0219. The normalized spacial score (nSPS) is 16.9. The number of amides is 2. The van der Waals surface area contributed by atoms with Gasteiger partial charge in [0, 0.05) is 5.69 Å². The predicted molar refractivity (Wildman–Crippen MR) is 126 cm³/mol. The summed E-state index contributed by atoms with van der Waals surface area (Å²) in [5.74, 6) is -0.210. The molecular weight excluding hydrogens is 384 g/mol. The van der Waals surface area contributed by atoms with Crippen LogP contribution in [0.15, 0.2) is 78.9 Å². The fourth-order valence-corrected chi connectivity index (χ4v) is 4.08. The Balaban J connectivity index is 1.78. The molecule has 0 aromatic heterocycles. The van der Waals surface area contributed by atoms with Gasteiger partial charge in [-0.3, -0.25) is 14.5 Å². The highest BCUT2D eigenvalue weighted by molar-refractivity contribution is 6.15. The molecule has 0 N–H and O–H groups in total. The van der Waals surface area contributed by atoms with Crippen molar-refractivity contribution in [2.45, 2.75) is 26.8 Å². The summed E-state index contributed by atoms with van der Waals surface area (Å²) >= 11 is 0. The minimum atomic E-state index is -0.719. The van der Waals surface area contributed by atoms with E-state index in [1.807, 2.05) is 106 Å². The molecule has 3 aromatic rings. The number of para-hydroxylation sites is 1. The molecule has 0 unspecified atom stereocenters. The van der Waals surface area contributed by atoms with E-state index in [0.717, 1.165) is 33.6 Å². The number of carbonyl (C=O) groups is 2. The molecule has 31 heavy (non-hydrogen) atoms. The Labute approximate surface area is 183 Å². The fraction of sp³-hybridized carbons (Fsp3) is 0.185. The van der Waals surface area contributed by atoms with Crippen molar-refractivity contribution in [2.24, 2.45) is 0 Å². The molecule has 1 heterocycles. The first kappa shape index (κ1) is 20.6. The molecule has 1 aliphatic rings. The Morgan fingerprint density at radius 1 is 0.806 bits per heavy atom. The molecule has 0 bridgehead atoms. The lowest BCUT2D eigenvalue weighted by Crippen LogP contribution is -2.60. The Morgan fingerprint density at radius 2 is 1.45 bits per heavy atom. The van der Waals surface area contributed by atoms with Gasteiger partial charge in [-0.05, 0) is 49.6 Å². The van der Waals surface area contributed by atoms with Gasteiger partial charge in [0.15, 0.2) is 0 Å². The van der Waals surface area contributed by atoms with E-state index in [1.54, 1.807) is 9.80 Å². The van der Waals surface area contributed by atoms with Crippen molar-refractivity contribution in [1.82, 2.24) is 0 Å². The van der Waals surface area contributed by atoms with Crippen LogP contribution in [-0.4, -0.2) is 24.4 Å².